The number of hydrogen-bond donors (Lipinski definition) is 1. The van der Waals surface area contributed by atoms with Crippen LogP contribution in [0.5, 0.6) is 0 Å². The number of benzene rings is 2. The molecule has 0 radical (unpaired) electrons. The molecule has 0 heterocycles. The number of aryl methyl sites for hydroxylation is 2. The summed E-state index contributed by atoms with van der Waals surface area (Å²) >= 11 is 1.63. The van der Waals surface area contributed by atoms with Crippen LogP contribution in [0.15, 0.2) is 53.4 Å². The largest absolute Gasteiger partial charge is 0.355 e. The van der Waals surface area contributed by atoms with Gasteiger partial charge in [-0.05, 0) is 44.4 Å². The molecule has 0 aromatic heterocycles. The second-order valence-corrected chi connectivity index (χ2v) is 6.94. The lowest BCUT2D eigenvalue weighted by molar-refractivity contribution is -0.120. The summed E-state index contributed by atoms with van der Waals surface area (Å²) < 4.78 is 0. The van der Waals surface area contributed by atoms with E-state index in [0.29, 0.717) is 6.54 Å². The van der Waals surface area contributed by atoms with E-state index in [1.54, 1.807) is 11.8 Å². The molecular formula is C19H23NOS. The fraction of sp³-hybridized carbons (Fsp3) is 0.316. The summed E-state index contributed by atoms with van der Waals surface area (Å²) in [6.07, 6.45) is 0.868. The van der Waals surface area contributed by atoms with E-state index in [-0.39, 0.29) is 11.2 Å². The van der Waals surface area contributed by atoms with Crippen LogP contribution in [0.4, 0.5) is 0 Å². The van der Waals surface area contributed by atoms with Crippen LogP contribution in [0.2, 0.25) is 0 Å². The van der Waals surface area contributed by atoms with E-state index in [9.17, 15) is 4.79 Å². The average molecular weight is 313 g/mol. The zero-order valence-electron chi connectivity index (χ0n) is 13.4. The predicted molar refractivity (Wildman–Crippen MR) is 94.4 cm³/mol. The molecule has 0 spiro atoms. The number of rotatable bonds is 6. The molecular weight excluding hydrogens is 290 g/mol. The van der Waals surface area contributed by atoms with E-state index in [1.807, 2.05) is 25.1 Å². The SMILES string of the molecule is Cc1ccc(C)c(SC(C)C(=O)NCCc2ccccc2)c1. The van der Waals surface area contributed by atoms with Gasteiger partial charge >= 0.3 is 0 Å². The first kappa shape index (κ1) is 16.6. The minimum Gasteiger partial charge on any atom is -0.355 e. The van der Waals surface area contributed by atoms with Crippen molar-refractivity contribution in [3.8, 4) is 0 Å². The highest BCUT2D eigenvalue weighted by atomic mass is 32.2. The Balaban J connectivity index is 1.83. The average Bonchev–Trinajstić information content (AvgIpc) is 2.52. The third-order valence-electron chi connectivity index (χ3n) is 3.57. The molecule has 0 aliphatic carbocycles. The van der Waals surface area contributed by atoms with Crippen LogP contribution < -0.4 is 5.32 Å². The van der Waals surface area contributed by atoms with Crippen molar-refractivity contribution in [2.24, 2.45) is 0 Å². The van der Waals surface area contributed by atoms with Gasteiger partial charge in [-0.3, -0.25) is 4.79 Å². The van der Waals surface area contributed by atoms with Gasteiger partial charge in [-0.2, -0.15) is 0 Å². The van der Waals surface area contributed by atoms with Gasteiger partial charge in [-0.1, -0.05) is 48.0 Å². The topological polar surface area (TPSA) is 29.1 Å². The van der Waals surface area contributed by atoms with Crippen LogP contribution in [0.1, 0.15) is 23.6 Å². The fourth-order valence-electron chi connectivity index (χ4n) is 2.20. The quantitative estimate of drug-likeness (QED) is 0.812. The highest BCUT2D eigenvalue weighted by Gasteiger charge is 2.15. The van der Waals surface area contributed by atoms with Crippen molar-refractivity contribution >= 4 is 17.7 Å². The summed E-state index contributed by atoms with van der Waals surface area (Å²) in [6, 6.07) is 16.6. The molecule has 22 heavy (non-hydrogen) atoms. The molecule has 2 aromatic carbocycles. The van der Waals surface area contributed by atoms with Gasteiger partial charge in [0.25, 0.3) is 0 Å². The molecule has 2 aromatic rings. The maximum Gasteiger partial charge on any atom is 0.233 e. The molecule has 0 fully saturated rings. The third-order valence-corrected chi connectivity index (χ3v) is 4.83. The molecule has 0 saturated carbocycles. The van der Waals surface area contributed by atoms with Crippen LogP contribution >= 0.6 is 11.8 Å². The van der Waals surface area contributed by atoms with E-state index in [1.165, 1.54) is 21.6 Å². The van der Waals surface area contributed by atoms with E-state index in [2.05, 4.69) is 49.5 Å². The van der Waals surface area contributed by atoms with Gasteiger partial charge in [-0.15, -0.1) is 11.8 Å². The van der Waals surface area contributed by atoms with Crippen LogP contribution in [-0.2, 0) is 11.2 Å². The summed E-state index contributed by atoms with van der Waals surface area (Å²) in [7, 11) is 0. The first-order valence-electron chi connectivity index (χ1n) is 7.62. The van der Waals surface area contributed by atoms with Crippen molar-refractivity contribution in [2.75, 3.05) is 6.54 Å². The van der Waals surface area contributed by atoms with Crippen LogP contribution in [0, 0.1) is 13.8 Å². The fourth-order valence-corrected chi connectivity index (χ4v) is 3.28. The predicted octanol–water partition coefficient (Wildman–Crippen LogP) is 4.14. The van der Waals surface area contributed by atoms with E-state index < -0.39 is 0 Å². The van der Waals surface area contributed by atoms with E-state index in [4.69, 9.17) is 0 Å². The second-order valence-electron chi connectivity index (χ2n) is 5.56. The molecule has 1 unspecified atom stereocenters. The first-order valence-corrected chi connectivity index (χ1v) is 8.50. The molecule has 0 aliphatic heterocycles. The summed E-state index contributed by atoms with van der Waals surface area (Å²) in [4.78, 5) is 13.4. The van der Waals surface area contributed by atoms with Crippen molar-refractivity contribution in [1.29, 1.82) is 0 Å². The van der Waals surface area contributed by atoms with Gasteiger partial charge in [0, 0.05) is 11.4 Å². The second kappa shape index (κ2) is 8.04. The first-order chi connectivity index (χ1) is 10.6. The maximum atomic E-state index is 12.2. The molecule has 3 heteroatoms. The van der Waals surface area contributed by atoms with Crippen LogP contribution in [-0.4, -0.2) is 17.7 Å². The summed E-state index contributed by atoms with van der Waals surface area (Å²) in [5.41, 5.74) is 3.70. The van der Waals surface area contributed by atoms with Crippen molar-refractivity contribution in [1.82, 2.24) is 5.32 Å². The Kier molecular flexibility index (Phi) is 6.08. The third kappa shape index (κ3) is 4.92. The minimum absolute atomic E-state index is 0.0868. The zero-order valence-corrected chi connectivity index (χ0v) is 14.2. The van der Waals surface area contributed by atoms with Crippen molar-refractivity contribution in [3.63, 3.8) is 0 Å². The van der Waals surface area contributed by atoms with Crippen molar-refractivity contribution in [3.05, 3.63) is 65.2 Å². The van der Waals surface area contributed by atoms with Gasteiger partial charge in [0.2, 0.25) is 5.91 Å². The van der Waals surface area contributed by atoms with Crippen LogP contribution in [0.25, 0.3) is 0 Å². The monoisotopic (exact) mass is 313 g/mol. The van der Waals surface area contributed by atoms with Crippen molar-refractivity contribution < 1.29 is 4.79 Å². The van der Waals surface area contributed by atoms with E-state index >= 15 is 0 Å². The molecule has 1 amide bonds. The van der Waals surface area contributed by atoms with E-state index in [0.717, 1.165) is 6.42 Å². The lowest BCUT2D eigenvalue weighted by atomic mass is 10.1. The molecule has 0 aliphatic rings. The Morgan fingerprint density at radius 1 is 1.14 bits per heavy atom. The zero-order chi connectivity index (χ0) is 15.9. The molecule has 0 bridgehead atoms. The normalized spacial score (nSPS) is 12.0. The number of carbonyl (C=O) groups excluding carboxylic acids is 1. The summed E-state index contributed by atoms with van der Waals surface area (Å²) in [6.45, 7) is 6.81. The van der Waals surface area contributed by atoms with Crippen molar-refractivity contribution in [2.45, 2.75) is 37.3 Å². The number of amides is 1. The molecule has 2 nitrogen and oxygen atoms in total. The lowest BCUT2D eigenvalue weighted by Gasteiger charge is -2.14. The highest BCUT2D eigenvalue weighted by molar-refractivity contribution is 8.00. The number of hydrogen-bond acceptors (Lipinski definition) is 2. The smallest absolute Gasteiger partial charge is 0.233 e. The Morgan fingerprint density at radius 2 is 1.86 bits per heavy atom. The number of nitrogens with one attached hydrogen (secondary N) is 1. The molecule has 1 atom stereocenters. The summed E-state index contributed by atoms with van der Waals surface area (Å²) in [5, 5.41) is 2.94. The Labute approximate surface area is 137 Å². The van der Waals surface area contributed by atoms with Crippen LogP contribution in [0.3, 0.4) is 0 Å². The molecule has 1 N–H and O–H groups in total. The highest BCUT2D eigenvalue weighted by Crippen LogP contribution is 2.27. The number of carbonyl (C=O) groups is 1. The Morgan fingerprint density at radius 3 is 2.59 bits per heavy atom. The van der Waals surface area contributed by atoms with Gasteiger partial charge in [0.1, 0.15) is 0 Å². The van der Waals surface area contributed by atoms with Gasteiger partial charge in [0.15, 0.2) is 0 Å². The molecule has 0 saturated heterocycles. The van der Waals surface area contributed by atoms with Gasteiger partial charge in [0.05, 0.1) is 5.25 Å². The molecule has 116 valence electrons. The van der Waals surface area contributed by atoms with Gasteiger partial charge in [-0.25, -0.2) is 0 Å². The summed E-state index contributed by atoms with van der Waals surface area (Å²) in [5.74, 6) is 0.0989. The molecule has 2 rings (SSSR count). The standard InChI is InChI=1S/C19H23NOS/c1-14-9-10-15(2)18(13-14)22-16(3)19(21)20-12-11-17-7-5-4-6-8-17/h4-10,13,16H,11-12H2,1-3H3,(H,20,21). The minimum atomic E-state index is -0.0868. The Hall–Kier alpha value is -1.74. The maximum absolute atomic E-state index is 12.2. The van der Waals surface area contributed by atoms with Gasteiger partial charge < -0.3 is 5.32 Å². The lowest BCUT2D eigenvalue weighted by Crippen LogP contribution is -2.32. The Bertz CT molecular complexity index is 625. The number of thioether (sulfide) groups is 1.